The van der Waals surface area contributed by atoms with Crippen molar-refractivity contribution in [3.63, 3.8) is 0 Å². The summed E-state index contributed by atoms with van der Waals surface area (Å²) in [6.07, 6.45) is 0. The number of methoxy groups -OCH3 is 1. The number of nitrogens with one attached hydrogen (secondary N) is 1. The number of aromatic nitrogens is 1. The lowest BCUT2D eigenvalue weighted by molar-refractivity contribution is 0.0945. The van der Waals surface area contributed by atoms with Crippen molar-refractivity contribution in [3.05, 3.63) is 64.1 Å². The Kier molecular flexibility index (Phi) is 4.27. The largest absolute Gasteiger partial charge is 0.496 e. The van der Waals surface area contributed by atoms with Gasteiger partial charge in [0.1, 0.15) is 11.8 Å². The maximum atomic E-state index is 12.6. The Morgan fingerprint density at radius 3 is 2.76 bits per heavy atom. The van der Waals surface area contributed by atoms with E-state index in [4.69, 9.17) is 9.15 Å². The van der Waals surface area contributed by atoms with Gasteiger partial charge in [-0.15, -0.1) is 0 Å². The van der Waals surface area contributed by atoms with Crippen molar-refractivity contribution in [1.29, 1.82) is 5.26 Å². The van der Waals surface area contributed by atoms with E-state index in [1.54, 1.807) is 43.4 Å². The fraction of sp³-hybridized carbons (Fsp3) is 0.167. The van der Waals surface area contributed by atoms with Crippen molar-refractivity contribution in [3.8, 4) is 11.8 Å². The fourth-order valence-electron chi connectivity index (χ4n) is 2.62. The number of para-hydroxylation sites is 2. The van der Waals surface area contributed by atoms with Crippen molar-refractivity contribution < 1.29 is 13.9 Å². The van der Waals surface area contributed by atoms with Crippen LogP contribution in [0.25, 0.3) is 11.1 Å². The van der Waals surface area contributed by atoms with E-state index in [2.05, 4.69) is 5.32 Å². The zero-order chi connectivity index (χ0) is 18.0. The lowest BCUT2D eigenvalue weighted by Crippen LogP contribution is -2.28. The first-order valence-corrected chi connectivity index (χ1v) is 7.48. The molecule has 0 saturated carbocycles. The van der Waals surface area contributed by atoms with Gasteiger partial charge in [-0.1, -0.05) is 24.3 Å². The fourth-order valence-corrected chi connectivity index (χ4v) is 2.62. The summed E-state index contributed by atoms with van der Waals surface area (Å²) in [6.45, 7) is 0. The van der Waals surface area contributed by atoms with Crippen molar-refractivity contribution in [2.24, 2.45) is 7.05 Å². The van der Waals surface area contributed by atoms with E-state index >= 15 is 0 Å². The third-order valence-electron chi connectivity index (χ3n) is 3.92. The highest BCUT2D eigenvalue weighted by Crippen LogP contribution is 2.25. The van der Waals surface area contributed by atoms with E-state index in [1.165, 1.54) is 17.7 Å². The minimum Gasteiger partial charge on any atom is -0.496 e. The van der Waals surface area contributed by atoms with Gasteiger partial charge in [-0.05, 0) is 18.2 Å². The summed E-state index contributed by atoms with van der Waals surface area (Å²) in [5.74, 6) is -0.576. The minimum absolute atomic E-state index is 0.184. The number of nitrogens with zero attached hydrogens (tertiary/aromatic N) is 2. The Labute approximate surface area is 143 Å². The number of benzene rings is 2. The van der Waals surface area contributed by atoms with Crippen LogP contribution in [-0.4, -0.2) is 17.6 Å². The first-order chi connectivity index (χ1) is 12.1. The second-order valence-corrected chi connectivity index (χ2v) is 5.36. The summed E-state index contributed by atoms with van der Waals surface area (Å²) in [4.78, 5) is 24.3. The first kappa shape index (κ1) is 16.3. The average Bonchev–Trinajstić information content (AvgIpc) is 2.93. The Hall–Kier alpha value is -3.53. The lowest BCUT2D eigenvalue weighted by Gasteiger charge is -2.15. The van der Waals surface area contributed by atoms with E-state index in [9.17, 15) is 14.9 Å². The van der Waals surface area contributed by atoms with Crippen LogP contribution in [0.15, 0.2) is 51.7 Å². The van der Waals surface area contributed by atoms with Crippen LogP contribution in [0, 0.1) is 11.3 Å². The van der Waals surface area contributed by atoms with Gasteiger partial charge in [-0.25, -0.2) is 4.79 Å². The van der Waals surface area contributed by atoms with Crippen molar-refractivity contribution in [1.82, 2.24) is 9.88 Å². The molecule has 3 rings (SSSR count). The summed E-state index contributed by atoms with van der Waals surface area (Å²) in [5, 5.41) is 12.1. The quantitative estimate of drug-likeness (QED) is 0.786. The molecule has 0 aliphatic heterocycles. The number of hydrogen-bond acceptors (Lipinski definition) is 5. The highest BCUT2D eigenvalue weighted by Gasteiger charge is 2.21. The number of ether oxygens (including phenoxy) is 1. The lowest BCUT2D eigenvalue weighted by atomic mass is 10.1. The molecule has 1 heterocycles. The highest BCUT2D eigenvalue weighted by molar-refractivity contribution is 6.04. The number of carbonyl (C=O) groups is 1. The summed E-state index contributed by atoms with van der Waals surface area (Å²) in [6, 6.07) is 13.0. The van der Waals surface area contributed by atoms with E-state index in [0.717, 1.165) is 0 Å². The van der Waals surface area contributed by atoms with Crippen LogP contribution in [0.5, 0.6) is 5.75 Å². The third kappa shape index (κ3) is 2.85. The van der Waals surface area contributed by atoms with E-state index < -0.39 is 17.7 Å². The topological polar surface area (TPSA) is 97.3 Å². The van der Waals surface area contributed by atoms with Crippen molar-refractivity contribution >= 4 is 17.0 Å². The van der Waals surface area contributed by atoms with Crippen LogP contribution in [-0.2, 0) is 7.05 Å². The normalized spacial score (nSPS) is 11.7. The molecule has 1 aromatic heterocycles. The molecule has 1 N–H and O–H groups in total. The molecule has 126 valence electrons. The highest BCUT2D eigenvalue weighted by atomic mass is 16.5. The molecule has 0 saturated heterocycles. The minimum atomic E-state index is -0.908. The molecule has 1 atom stereocenters. The van der Waals surface area contributed by atoms with Gasteiger partial charge in [-0.3, -0.25) is 9.36 Å². The molecule has 0 unspecified atom stereocenters. The summed E-state index contributed by atoms with van der Waals surface area (Å²) in [5.41, 5.74) is 1.42. The van der Waals surface area contributed by atoms with Crippen LogP contribution in [0.2, 0.25) is 0 Å². The zero-order valence-corrected chi connectivity index (χ0v) is 13.6. The Balaban J connectivity index is 1.98. The smallest absolute Gasteiger partial charge is 0.419 e. The second kappa shape index (κ2) is 6.53. The SMILES string of the molecule is COc1ccccc1[C@H](C#N)NC(=O)c1cccc2c1oc(=O)n2C. The van der Waals surface area contributed by atoms with E-state index in [0.29, 0.717) is 16.8 Å². The van der Waals surface area contributed by atoms with Gasteiger partial charge in [0.15, 0.2) is 5.58 Å². The number of rotatable bonds is 4. The molecule has 3 aromatic rings. The molecule has 1 amide bonds. The zero-order valence-electron chi connectivity index (χ0n) is 13.6. The van der Waals surface area contributed by atoms with Crippen molar-refractivity contribution in [2.75, 3.05) is 7.11 Å². The number of hydrogen-bond donors (Lipinski definition) is 1. The van der Waals surface area contributed by atoms with Crippen LogP contribution in [0.4, 0.5) is 0 Å². The van der Waals surface area contributed by atoms with Crippen molar-refractivity contribution in [2.45, 2.75) is 6.04 Å². The maximum absolute atomic E-state index is 12.6. The van der Waals surface area contributed by atoms with Gasteiger partial charge in [0.05, 0.1) is 24.3 Å². The van der Waals surface area contributed by atoms with Gasteiger partial charge in [-0.2, -0.15) is 5.26 Å². The van der Waals surface area contributed by atoms with Crippen LogP contribution in [0.1, 0.15) is 22.0 Å². The monoisotopic (exact) mass is 337 g/mol. The number of nitriles is 1. The molecule has 7 nitrogen and oxygen atoms in total. The van der Waals surface area contributed by atoms with Gasteiger partial charge in [0, 0.05) is 12.6 Å². The molecule has 0 spiro atoms. The van der Waals surface area contributed by atoms with Crippen LogP contribution in [0.3, 0.4) is 0 Å². The standard InChI is InChI=1S/C18H15N3O4/c1-21-14-8-5-7-12(16(14)25-18(21)23)17(22)20-13(10-19)11-6-3-4-9-15(11)24-2/h3-9,13H,1-2H3,(H,20,22)/t13-/m0/s1. The van der Waals surface area contributed by atoms with Gasteiger partial charge in [0.2, 0.25) is 0 Å². The third-order valence-corrected chi connectivity index (χ3v) is 3.92. The molecule has 2 aromatic carbocycles. The Morgan fingerprint density at radius 2 is 2.04 bits per heavy atom. The van der Waals surface area contributed by atoms with Crippen LogP contribution >= 0.6 is 0 Å². The number of fused-ring (bicyclic) bond motifs is 1. The molecule has 0 fully saturated rings. The van der Waals surface area contributed by atoms with Gasteiger partial charge >= 0.3 is 5.76 Å². The number of aryl methyl sites for hydroxylation is 1. The van der Waals surface area contributed by atoms with E-state index in [-0.39, 0.29) is 11.1 Å². The molecule has 0 aliphatic carbocycles. The molecule has 25 heavy (non-hydrogen) atoms. The summed E-state index contributed by atoms with van der Waals surface area (Å²) >= 11 is 0. The molecule has 0 radical (unpaired) electrons. The number of carbonyl (C=O) groups excluding carboxylic acids is 1. The predicted molar refractivity (Wildman–Crippen MR) is 90.3 cm³/mol. The Bertz CT molecular complexity index is 1040. The molecule has 7 heteroatoms. The second-order valence-electron chi connectivity index (χ2n) is 5.36. The molecular weight excluding hydrogens is 322 g/mol. The maximum Gasteiger partial charge on any atom is 0.419 e. The van der Waals surface area contributed by atoms with Gasteiger partial charge in [0.25, 0.3) is 5.91 Å². The van der Waals surface area contributed by atoms with Gasteiger partial charge < -0.3 is 14.5 Å². The molecule has 0 bridgehead atoms. The van der Waals surface area contributed by atoms with Crippen LogP contribution < -0.4 is 15.8 Å². The summed E-state index contributed by atoms with van der Waals surface area (Å²) < 4.78 is 11.7. The average molecular weight is 337 g/mol. The summed E-state index contributed by atoms with van der Waals surface area (Å²) in [7, 11) is 3.05. The molecular formula is C18H15N3O4. The number of amides is 1. The first-order valence-electron chi connectivity index (χ1n) is 7.48. The van der Waals surface area contributed by atoms with E-state index in [1.807, 2.05) is 6.07 Å². The molecule has 0 aliphatic rings. The predicted octanol–water partition coefficient (Wildman–Crippen LogP) is 2.13. The number of oxazole rings is 1. The Morgan fingerprint density at radius 1 is 1.28 bits per heavy atom.